The molecule has 3 N–H and O–H groups in total. The normalized spacial score (nSPS) is 10.6. The van der Waals surface area contributed by atoms with Gasteiger partial charge in [0.2, 0.25) is 0 Å². The van der Waals surface area contributed by atoms with E-state index in [9.17, 15) is 0 Å². The van der Waals surface area contributed by atoms with Crippen LogP contribution in [-0.2, 0) is 0 Å². The quantitative estimate of drug-likeness (QED) is 0.597. The number of nitrogens with one attached hydrogen (secondary N) is 1. The third-order valence-corrected chi connectivity index (χ3v) is 2.15. The Morgan fingerprint density at radius 2 is 1.86 bits per heavy atom. The second-order valence-electron chi connectivity index (χ2n) is 3.07. The number of benzene rings is 1. The Kier molecular flexibility index (Phi) is 1.86. The fourth-order valence-electron chi connectivity index (χ4n) is 1.55. The zero-order valence-electron chi connectivity index (χ0n) is 7.15. The van der Waals surface area contributed by atoms with Crippen LogP contribution in [0.15, 0.2) is 28.9 Å². The number of fused-ring (bicyclic) bond motifs is 2. The first-order chi connectivity index (χ1) is 6.33. The van der Waals surface area contributed by atoms with Crippen molar-refractivity contribution in [2.75, 3.05) is 5.73 Å². The van der Waals surface area contributed by atoms with Crippen LogP contribution in [0.4, 0.5) is 5.69 Å². The summed E-state index contributed by atoms with van der Waals surface area (Å²) in [6.07, 6.45) is 0. The number of nitrogen functional groups attached to an aromatic ring is 1. The molecule has 0 radical (unpaired) electrons. The molecule has 0 amide bonds. The summed E-state index contributed by atoms with van der Waals surface area (Å²) in [6, 6.07) is 7.76. The van der Waals surface area contributed by atoms with Crippen LogP contribution in [0.1, 0.15) is 0 Å². The van der Waals surface area contributed by atoms with Gasteiger partial charge < -0.3 is 5.73 Å². The first kappa shape index (κ1) is 8.90. The van der Waals surface area contributed by atoms with E-state index in [1.54, 1.807) is 0 Å². The molecule has 0 aliphatic heterocycles. The highest BCUT2D eigenvalue weighted by atomic mass is 35.5. The summed E-state index contributed by atoms with van der Waals surface area (Å²) in [5.74, 6) is 0. The van der Waals surface area contributed by atoms with Crippen LogP contribution in [0.25, 0.3) is 21.8 Å². The van der Waals surface area contributed by atoms with Gasteiger partial charge in [0.15, 0.2) is 0 Å². The van der Waals surface area contributed by atoms with E-state index >= 15 is 0 Å². The zero-order chi connectivity index (χ0) is 8.84. The Morgan fingerprint density at radius 1 is 1.14 bits per heavy atom. The summed E-state index contributed by atoms with van der Waals surface area (Å²) in [4.78, 5) is 0. The van der Waals surface area contributed by atoms with E-state index in [-0.39, 0.29) is 12.4 Å². The number of nitrogens with two attached hydrogens (primary N) is 1. The largest absolute Gasteiger partial charge is 0.399 e. The number of hydrogen-bond donors (Lipinski definition) is 2. The van der Waals surface area contributed by atoms with Crippen LogP contribution < -0.4 is 5.73 Å². The molecule has 2 aromatic carbocycles. The third-order valence-electron chi connectivity index (χ3n) is 2.15. The monoisotopic (exact) mass is 209 g/mol. The van der Waals surface area contributed by atoms with Crippen molar-refractivity contribution in [2.24, 2.45) is 0 Å². The molecule has 0 spiro atoms. The molecule has 0 aliphatic carbocycles. The van der Waals surface area contributed by atoms with Crippen molar-refractivity contribution in [3.8, 4) is 0 Å². The highest BCUT2D eigenvalue weighted by Gasteiger charge is 2.02. The summed E-state index contributed by atoms with van der Waals surface area (Å²) in [7, 11) is 0. The zero-order valence-corrected chi connectivity index (χ0v) is 7.97. The van der Waals surface area contributed by atoms with Gasteiger partial charge in [0, 0.05) is 5.69 Å². The molecule has 3 rings (SSSR count). The molecule has 1 aromatic heterocycles. The third kappa shape index (κ3) is 1.12. The molecule has 4 nitrogen and oxygen atoms in total. The predicted molar refractivity (Wildman–Crippen MR) is 57.5 cm³/mol. The van der Waals surface area contributed by atoms with Crippen LogP contribution >= 0.6 is 12.4 Å². The molecule has 0 unspecified atom stereocenters. The summed E-state index contributed by atoms with van der Waals surface area (Å²) >= 11 is 0. The molecule has 3 aromatic rings. The second kappa shape index (κ2) is 2.92. The maximum absolute atomic E-state index is 5.67. The average Bonchev–Trinajstić information content (AvgIpc) is 2.63. The predicted octanol–water partition coefficient (Wildman–Crippen LogP) is 2.31. The molecule has 0 bridgehead atoms. The molecule has 0 atom stereocenters. The number of halogens is 1. The fraction of sp³-hybridized carbons (Fsp3) is 0. The van der Waals surface area contributed by atoms with Gasteiger partial charge in [0.1, 0.15) is 11.0 Å². The van der Waals surface area contributed by atoms with Gasteiger partial charge in [-0.25, -0.2) is 0 Å². The smallest absolute Gasteiger partial charge is 0.133 e. The Bertz CT molecular complexity index is 536. The Labute approximate surface area is 85.4 Å². The number of nitrogens with zero attached hydrogens (tertiary/aromatic N) is 1. The van der Waals surface area contributed by atoms with Gasteiger partial charge in [-0.1, -0.05) is 5.16 Å². The van der Waals surface area contributed by atoms with Crippen LogP contribution in [0.2, 0.25) is 0 Å². The maximum atomic E-state index is 5.67. The number of H-pyrrole nitrogens is 1. The Balaban J connectivity index is 0.000000750. The lowest BCUT2D eigenvalue weighted by Crippen LogP contribution is -1.75. The van der Waals surface area contributed by atoms with Crippen LogP contribution in [-0.4, -0.2) is 10.3 Å². The van der Waals surface area contributed by atoms with Crippen molar-refractivity contribution in [3.05, 3.63) is 24.3 Å². The topological polar surface area (TPSA) is 67.8 Å². The number of rotatable bonds is 0. The maximum Gasteiger partial charge on any atom is 0.133 e. The minimum atomic E-state index is 0. The SMILES string of the molecule is Cl.Nc1cc2cc3no[nH]c3cc2c1. The molecule has 5 heteroatoms. The van der Waals surface area contributed by atoms with E-state index in [2.05, 4.69) is 10.3 Å². The number of anilines is 1. The molecule has 0 aliphatic rings. The first-order valence-corrected chi connectivity index (χ1v) is 3.96. The van der Waals surface area contributed by atoms with E-state index in [0.717, 1.165) is 27.5 Å². The molecular weight excluding hydrogens is 202 g/mol. The molecule has 0 saturated carbocycles. The minimum absolute atomic E-state index is 0. The lowest BCUT2D eigenvalue weighted by Gasteiger charge is -1.87. The van der Waals surface area contributed by atoms with Crippen molar-refractivity contribution in [2.45, 2.75) is 0 Å². The summed E-state index contributed by atoms with van der Waals surface area (Å²) in [5.41, 5.74) is 8.15. The lowest BCUT2D eigenvalue weighted by atomic mass is 10.2. The highest BCUT2D eigenvalue weighted by molar-refractivity contribution is 5.98. The van der Waals surface area contributed by atoms with E-state index in [0.29, 0.717) is 0 Å². The summed E-state index contributed by atoms with van der Waals surface area (Å²) in [6.45, 7) is 0. The van der Waals surface area contributed by atoms with Crippen molar-refractivity contribution >= 4 is 39.9 Å². The van der Waals surface area contributed by atoms with Gasteiger partial charge >= 0.3 is 0 Å². The Hall–Kier alpha value is -1.68. The second-order valence-corrected chi connectivity index (χ2v) is 3.07. The Morgan fingerprint density at radius 3 is 2.64 bits per heavy atom. The summed E-state index contributed by atoms with van der Waals surface area (Å²) in [5, 5.41) is 8.69. The van der Waals surface area contributed by atoms with Gasteiger partial charge in [-0.05, 0) is 35.0 Å². The van der Waals surface area contributed by atoms with Crippen LogP contribution in [0.3, 0.4) is 0 Å². The van der Waals surface area contributed by atoms with Crippen molar-refractivity contribution in [1.82, 2.24) is 10.3 Å². The molecule has 1 heterocycles. The van der Waals surface area contributed by atoms with E-state index in [1.165, 1.54) is 0 Å². The van der Waals surface area contributed by atoms with Gasteiger partial charge in [-0.15, -0.1) is 12.4 Å². The first-order valence-electron chi connectivity index (χ1n) is 3.96. The van der Waals surface area contributed by atoms with E-state index in [4.69, 9.17) is 10.4 Å². The van der Waals surface area contributed by atoms with Crippen molar-refractivity contribution in [3.63, 3.8) is 0 Å². The van der Waals surface area contributed by atoms with Gasteiger partial charge in [0.25, 0.3) is 0 Å². The van der Waals surface area contributed by atoms with E-state index < -0.39 is 0 Å². The molecular formula is C9H8ClN3O. The highest BCUT2D eigenvalue weighted by Crippen LogP contribution is 2.24. The van der Waals surface area contributed by atoms with Crippen molar-refractivity contribution in [1.29, 1.82) is 0 Å². The standard InChI is InChI=1S/C9H7N3O.ClH/c10-7-1-5-3-8-9(12-13-11-8)4-6(5)2-7;/h1-4,11H,10H2;1H. The van der Waals surface area contributed by atoms with Gasteiger partial charge in [0.05, 0.1) is 0 Å². The molecule has 0 saturated heterocycles. The number of hydrogen-bond acceptors (Lipinski definition) is 3. The van der Waals surface area contributed by atoms with Gasteiger partial charge in [-0.2, -0.15) is 5.16 Å². The molecule has 72 valence electrons. The average molecular weight is 210 g/mol. The van der Waals surface area contributed by atoms with Crippen molar-refractivity contribution < 1.29 is 4.63 Å². The van der Waals surface area contributed by atoms with Gasteiger partial charge in [-0.3, -0.25) is 4.63 Å². The van der Waals surface area contributed by atoms with Crippen LogP contribution in [0.5, 0.6) is 0 Å². The lowest BCUT2D eigenvalue weighted by molar-refractivity contribution is 0.315. The van der Waals surface area contributed by atoms with E-state index in [1.807, 2.05) is 24.3 Å². The summed E-state index contributed by atoms with van der Waals surface area (Å²) < 4.78 is 4.73. The molecule has 0 fully saturated rings. The fourth-order valence-corrected chi connectivity index (χ4v) is 1.55. The minimum Gasteiger partial charge on any atom is -0.399 e. The van der Waals surface area contributed by atoms with Crippen LogP contribution in [0, 0.1) is 0 Å². The number of aromatic amines is 1. The molecule has 14 heavy (non-hydrogen) atoms. The number of aromatic nitrogens is 2.